The Kier molecular flexibility index (Phi) is 4.20. The molecule has 0 aliphatic carbocycles. The van der Waals surface area contributed by atoms with Crippen LogP contribution in [0.3, 0.4) is 0 Å². The quantitative estimate of drug-likeness (QED) is 0.809. The minimum Gasteiger partial charge on any atom is -0.374 e. The zero-order valence-electron chi connectivity index (χ0n) is 12.5. The standard InChI is InChI=1S/C15H20N2O4S/c1-16-13-9-17(10-14(13)21-8-7-15(16)18)22(19,20)11-12-5-3-2-4-6-12/h2-6,13-14H,7-11H2,1H3/t13-,14-/m0/s1. The summed E-state index contributed by atoms with van der Waals surface area (Å²) in [5, 5.41) is 0. The van der Waals surface area contributed by atoms with Gasteiger partial charge in [-0.1, -0.05) is 30.3 Å². The zero-order chi connectivity index (χ0) is 15.7. The van der Waals surface area contributed by atoms with Gasteiger partial charge in [-0.3, -0.25) is 4.79 Å². The van der Waals surface area contributed by atoms with Crippen molar-refractivity contribution in [2.45, 2.75) is 24.3 Å². The van der Waals surface area contributed by atoms with E-state index >= 15 is 0 Å². The SMILES string of the molecule is CN1C(=O)CCO[C@H]2CN(S(=O)(=O)Cc3ccccc3)C[C@@H]21. The molecule has 6 nitrogen and oxygen atoms in total. The molecule has 0 N–H and O–H groups in total. The van der Waals surface area contributed by atoms with Crippen LogP contribution in [0.1, 0.15) is 12.0 Å². The first-order valence-corrected chi connectivity index (χ1v) is 8.97. The van der Waals surface area contributed by atoms with E-state index < -0.39 is 10.0 Å². The third-order valence-electron chi connectivity index (χ3n) is 4.33. The van der Waals surface area contributed by atoms with Crippen LogP contribution in [0.2, 0.25) is 0 Å². The molecule has 2 aliphatic rings. The van der Waals surface area contributed by atoms with Crippen molar-refractivity contribution < 1.29 is 17.9 Å². The van der Waals surface area contributed by atoms with Crippen LogP contribution in [-0.4, -0.2) is 62.4 Å². The van der Waals surface area contributed by atoms with Crippen molar-refractivity contribution in [3.05, 3.63) is 35.9 Å². The Labute approximate surface area is 130 Å². The van der Waals surface area contributed by atoms with Gasteiger partial charge < -0.3 is 9.64 Å². The molecule has 2 aliphatic heterocycles. The molecule has 1 aromatic carbocycles. The predicted octanol–water partition coefficient (Wildman–Crippen LogP) is 0.448. The molecule has 0 aromatic heterocycles. The minimum absolute atomic E-state index is 0.00908. The van der Waals surface area contributed by atoms with Crippen molar-refractivity contribution in [3.8, 4) is 0 Å². The van der Waals surface area contributed by atoms with Crippen LogP contribution < -0.4 is 0 Å². The van der Waals surface area contributed by atoms with Crippen molar-refractivity contribution in [1.82, 2.24) is 9.21 Å². The highest BCUT2D eigenvalue weighted by atomic mass is 32.2. The number of rotatable bonds is 3. The molecular weight excluding hydrogens is 304 g/mol. The van der Waals surface area contributed by atoms with Crippen molar-refractivity contribution in [2.75, 3.05) is 26.7 Å². The van der Waals surface area contributed by atoms with E-state index in [9.17, 15) is 13.2 Å². The van der Waals surface area contributed by atoms with E-state index in [0.717, 1.165) is 5.56 Å². The second-order valence-electron chi connectivity index (χ2n) is 5.79. The van der Waals surface area contributed by atoms with Gasteiger partial charge >= 0.3 is 0 Å². The van der Waals surface area contributed by atoms with Gasteiger partial charge in [0.15, 0.2) is 0 Å². The molecule has 7 heteroatoms. The molecule has 3 rings (SSSR count). The first-order chi connectivity index (χ1) is 10.5. The summed E-state index contributed by atoms with van der Waals surface area (Å²) in [6.07, 6.45) is 0.127. The molecule has 0 spiro atoms. The van der Waals surface area contributed by atoms with Crippen molar-refractivity contribution in [1.29, 1.82) is 0 Å². The molecule has 22 heavy (non-hydrogen) atoms. The second-order valence-corrected chi connectivity index (χ2v) is 7.76. The maximum Gasteiger partial charge on any atom is 0.225 e. The summed E-state index contributed by atoms with van der Waals surface area (Å²) < 4.78 is 32.3. The van der Waals surface area contributed by atoms with E-state index in [1.54, 1.807) is 24.1 Å². The summed E-state index contributed by atoms with van der Waals surface area (Å²) in [7, 11) is -1.68. The molecule has 0 radical (unpaired) electrons. The van der Waals surface area contributed by atoms with Gasteiger partial charge in [0.1, 0.15) is 0 Å². The van der Waals surface area contributed by atoms with Gasteiger partial charge in [-0.15, -0.1) is 0 Å². The van der Waals surface area contributed by atoms with Gasteiger partial charge in [-0.05, 0) is 5.56 Å². The first-order valence-electron chi connectivity index (χ1n) is 7.36. The lowest BCUT2D eigenvalue weighted by Gasteiger charge is -2.25. The Hall–Kier alpha value is -1.44. The van der Waals surface area contributed by atoms with E-state index in [4.69, 9.17) is 4.74 Å². The number of likely N-dealkylation sites (N-methyl/N-ethyl adjacent to an activating group) is 1. The van der Waals surface area contributed by atoms with Crippen molar-refractivity contribution in [3.63, 3.8) is 0 Å². The van der Waals surface area contributed by atoms with E-state index in [0.29, 0.717) is 26.1 Å². The fraction of sp³-hybridized carbons (Fsp3) is 0.533. The van der Waals surface area contributed by atoms with Gasteiger partial charge in [0.25, 0.3) is 0 Å². The number of sulfonamides is 1. The van der Waals surface area contributed by atoms with Crippen LogP contribution >= 0.6 is 0 Å². The summed E-state index contributed by atoms with van der Waals surface area (Å²) in [6, 6.07) is 8.93. The molecule has 1 aromatic rings. The lowest BCUT2D eigenvalue weighted by atomic mass is 10.2. The van der Waals surface area contributed by atoms with Gasteiger partial charge in [0.05, 0.1) is 30.9 Å². The number of carbonyl (C=O) groups excluding carboxylic acids is 1. The van der Waals surface area contributed by atoms with Gasteiger partial charge in [-0.25, -0.2) is 8.42 Å². The molecule has 2 heterocycles. The van der Waals surface area contributed by atoms with Crippen molar-refractivity contribution in [2.24, 2.45) is 0 Å². The van der Waals surface area contributed by atoms with Crippen LogP contribution in [0.25, 0.3) is 0 Å². The van der Waals surface area contributed by atoms with Crippen LogP contribution in [0, 0.1) is 0 Å². The number of hydrogen-bond donors (Lipinski definition) is 0. The number of nitrogens with zero attached hydrogens (tertiary/aromatic N) is 2. The number of carbonyl (C=O) groups is 1. The molecule has 0 unspecified atom stereocenters. The molecule has 2 saturated heterocycles. The summed E-state index contributed by atoms with van der Waals surface area (Å²) in [5.74, 6) is -0.0138. The van der Waals surface area contributed by atoms with E-state index in [1.165, 1.54) is 4.31 Å². The van der Waals surface area contributed by atoms with Crippen LogP contribution in [-0.2, 0) is 25.3 Å². The number of benzene rings is 1. The number of amides is 1. The maximum absolute atomic E-state index is 12.6. The lowest BCUT2D eigenvalue weighted by molar-refractivity contribution is -0.130. The van der Waals surface area contributed by atoms with E-state index in [-0.39, 0.29) is 23.8 Å². The average molecular weight is 324 g/mol. The monoisotopic (exact) mass is 324 g/mol. The first kappa shape index (κ1) is 15.5. The van der Waals surface area contributed by atoms with Crippen LogP contribution in [0.5, 0.6) is 0 Å². The summed E-state index contributed by atoms with van der Waals surface area (Å²) in [6.45, 7) is 0.983. The summed E-state index contributed by atoms with van der Waals surface area (Å²) in [4.78, 5) is 13.5. The van der Waals surface area contributed by atoms with Crippen LogP contribution in [0.15, 0.2) is 30.3 Å². The number of ether oxygens (including phenoxy) is 1. The molecule has 2 atom stereocenters. The summed E-state index contributed by atoms with van der Waals surface area (Å²) in [5.41, 5.74) is 0.764. The Morgan fingerprint density at radius 2 is 1.95 bits per heavy atom. The smallest absolute Gasteiger partial charge is 0.225 e. The van der Waals surface area contributed by atoms with Crippen molar-refractivity contribution >= 4 is 15.9 Å². The van der Waals surface area contributed by atoms with Gasteiger partial charge in [0, 0.05) is 20.1 Å². The third kappa shape index (κ3) is 3.02. The largest absolute Gasteiger partial charge is 0.374 e. The normalized spacial score (nSPS) is 26.8. The average Bonchev–Trinajstić information content (AvgIpc) is 2.87. The molecule has 2 fully saturated rings. The third-order valence-corrected chi connectivity index (χ3v) is 6.11. The number of fused-ring (bicyclic) bond motifs is 1. The highest BCUT2D eigenvalue weighted by molar-refractivity contribution is 7.88. The molecule has 0 bridgehead atoms. The topological polar surface area (TPSA) is 66.9 Å². The maximum atomic E-state index is 12.6. The summed E-state index contributed by atoms with van der Waals surface area (Å²) >= 11 is 0. The molecular formula is C15H20N2O4S. The highest BCUT2D eigenvalue weighted by Crippen LogP contribution is 2.25. The van der Waals surface area contributed by atoms with Gasteiger partial charge in [0.2, 0.25) is 15.9 Å². The highest BCUT2D eigenvalue weighted by Gasteiger charge is 2.43. The number of hydrogen-bond acceptors (Lipinski definition) is 4. The van der Waals surface area contributed by atoms with Gasteiger partial charge in [-0.2, -0.15) is 4.31 Å². The van der Waals surface area contributed by atoms with Crippen LogP contribution in [0.4, 0.5) is 0 Å². The molecule has 120 valence electrons. The minimum atomic E-state index is -3.41. The molecule has 1 amide bonds. The predicted molar refractivity (Wildman–Crippen MR) is 81.6 cm³/mol. The zero-order valence-corrected chi connectivity index (χ0v) is 13.3. The Morgan fingerprint density at radius 1 is 1.23 bits per heavy atom. The molecule has 0 saturated carbocycles. The Bertz CT molecular complexity index is 647. The fourth-order valence-corrected chi connectivity index (χ4v) is 4.57. The van der Waals surface area contributed by atoms with E-state index in [1.807, 2.05) is 18.2 Å². The van der Waals surface area contributed by atoms with E-state index in [2.05, 4.69) is 0 Å². The Morgan fingerprint density at radius 3 is 2.68 bits per heavy atom. The lowest BCUT2D eigenvalue weighted by Crippen LogP contribution is -2.43. The second kappa shape index (κ2) is 5.98. The fourth-order valence-electron chi connectivity index (χ4n) is 3.02. The Balaban J connectivity index is 1.75.